The lowest BCUT2D eigenvalue weighted by Gasteiger charge is -2.28. The van der Waals surface area contributed by atoms with E-state index >= 15 is 0 Å². The molecule has 0 bridgehead atoms. The summed E-state index contributed by atoms with van der Waals surface area (Å²) in [6.07, 6.45) is 5.20. The Morgan fingerprint density at radius 2 is 1.97 bits per heavy atom. The molecule has 1 aliphatic rings. The van der Waals surface area contributed by atoms with Crippen molar-refractivity contribution in [3.63, 3.8) is 0 Å². The van der Waals surface area contributed by atoms with Crippen molar-refractivity contribution in [1.82, 2.24) is 9.97 Å². The number of carbonyl (C=O) groups excluding carboxylic acids is 1. The van der Waals surface area contributed by atoms with Crippen molar-refractivity contribution in [2.45, 2.75) is 19.3 Å². The van der Waals surface area contributed by atoms with Crippen LogP contribution in [0.15, 0.2) is 41.9 Å². The molecule has 8 heteroatoms. The summed E-state index contributed by atoms with van der Waals surface area (Å²) in [6, 6.07) is 9.14. The van der Waals surface area contributed by atoms with E-state index in [2.05, 4.69) is 20.2 Å². The summed E-state index contributed by atoms with van der Waals surface area (Å²) in [4.78, 5) is 24.2. The first kappa shape index (κ1) is 20.2. The van der Waals surface area contributed by atoms with Gasteiger partial charge in [-0.05, 0) is 49.6 Å². The molecular formula is C22H24N4O3S. The number of aromatic nitrogens is 2. The minimum Gasteiger partial charge on any atom is -0.497 e. The molecular weight excluding hydrogens is 400 g/mol. The van der Waals surface area contributed by atoms with Crippen LogP contribution in [0.3, 0.4) is 0 Å². The molecule has 0 saturated carbocycles. The summed E-state index contributed by atoms with van der Waals surface area (Å²) in [7, 11) is 3.23. The predicted octanol–water partition coefficient (Wildman–Crippen LogP) is 4.46. The molecule has 7 nitrogen and oxygen atoms in total. The Kier molecular flexibility index (Phi) is 6.13. The third-order valence-electron chi connectivity index (χ3n) is 5.09. The van der Waals surface area contributed by atoms with Crippen molar-refractivity contribution in [3.05, 3.63) is 47.5 Å². The Bertz CT molecular complexity index is 1030. The van der Waals surface area contributed by atoms with Gasteiger partial charge in [-0.2, -0.15) is 0 Å². The van der Waals surface area contributed by atoms with Gasteiger partial charge in [-0.15, -0.1) is 11.3 Å². The maximum Gasteiger partial charge on any atom is 0.261 e. The van der Waals surface area contributed by atoms with Crippen LogP contribution in [0.25, 0.3) is 11.3 Å². The zero-order chi connectivity index (χ0) is 20.9. The first-order valence-corrected chi connectivity index (χ1v) is 10.8. The van der Waals surface area contributed by atoms with Gasteiger partial charge in [-0.1, -0.05) is 0 Å². The summed E-state index contributed by atoms with van der Waals surface area (Å²) >= 11 is 1.37. The molecule has 30 heavy (non-hydrogen) atoms. The van der Waals surface area contributed by atoms with E-state index in [0.29, 0.717) is 27.9 Å². The van der Waals surface area contributed by atoms with E-state index in [4.69, 9.17) is 9.47 Å². The van der Waals surface area contributed by atoms with Crippen LogP contribution in [0.4, 0.5) is 10.9 Å². The number of carbonyl (C=O) groups is 1. The molecule has 0 atom stereocenters. The van der Waals surface area contributed by atoms with Crippen LogP contribution >= 0.6 is 11.3 Å². The summed E-state index contributed by atoms with van der Waals surface area (Å²) in [5.74, 6) is 1.94. The molecule has 156 valence electrons. The number of nitrogens with one attached hydrogen (secondary N) is 1. The second kappa shape index (κ2) is 9.13. The molecule has 0 unspecified atom stereocenters. The Hall–Kier alpha value is -3.13. The number of pyridine rings is 1. The van der Waals surface area contributed by atoms with Gasteiger partial charge in [0.25, 0.3) is 5.91 Å². The monoisotopic (exact) mass is 424 g/mol. The lowest BCUT2D eigenvalue weighted by atomic mass is 10.1. The highest BCUT2D eigenvalue weighted by Gasteiger charge is 2.21. The number of hydrogen-bond donors (Lipinski definition) is 1. The van der Waals surface area contributed by atoms with Crippen LogP contribution < -0.4 is 19.7 Å². The number of thiazole rings is 1. The topological polar surface area (TPSA) is 76.6 Å². The van der Waals surface area contributed by atoms with Crippen molar-refractivity contribution >= 4 is 28.2 Å². The molecule has 1 fully saturated rings. The van der Waals surface area contributed by atoms with Crippen LogP contribution in [0.1, 0.15) is 29.6 Å². The molecule has 1 saturated heterocycles. The summed E-state index contributed by atoms with van der Waals surface area (Å²) in [5.41, 5.74) is 2.09. The van der Waals surface area contributed by atoms with Crippen LogP contribution in [0, 0.1) is 0 Å². The third-order valence-corrected chi connectivity index (χ3v) is 5.85. The summed E-state index contributed by atoms with van der Waals surface area (Å²) < 4.78 is 10.8. The van der Waals surface area contributed by atoms with Gasteiger partial charge in [0.1, 0.15) is 17.3 Å². The molecule has 2 aromatic heterocycles. The average molecular weight is 425 g/mol. The van der Waals surface area contributed by atoms with E-state index in [1.165, 1.54) is 17.8 Å². The minimum atomic E-state index is -0.206. The third kappa shape index (κ3) is 4.23. The molecule has 3 aromatic rings. The van der Waals surface area contributed by atoms with Crippen molar-refractivity contribution < 1.29 is 14.3 Å². The van der Waals surface area contributed by atoms with Crippen LogP contribution in [-0.4, -0.2) is 43.2 Å². The number of anilines is 2. The lowest BCUT2D eigenvalue weighted by Crippen LogP contribution is -2.32. The Balaban J connectivity index is 1.56. The van der Waals surface area contributed by atoms with Crippen molar-refractivity contribution in [2.75, 3.05) is 37.5 Å². The van der Waals surface area contributed by atoms with Crippen molar-refractivity contribution in [1.29, 1.82) is 0 Å². The fraction of sp³-hybridized carbons (Fsp3) is 0.318. The Morgan fingerprint density at radius 3 is 2.73 bits per heavy atom. The zero-order valence-electron chi connectivity index (χ0n) is 17.1. The number of hydrogen-bond acceptors (Lipinski definition) is 7. The van der Waals surface area contributed by atoms with Crippen molar-refractivity contribution in [3.8, 4) is 22.8 Å². The average Bonchev–Trinajstić information content (AvgIpc) is 3.27. The van der Waals surface area contributed by atoms with Gasteiger partial charge < -0.3 is 14.4 Å². The molecule has 1 N–H and O–H groups in total. The number of amides is 1. The number of ether oxygens (including phenoxy) is 2. The number of methoxy groups -OCH3 is 2. The van der Waals surface area contributed by atoms with E-state index in [9.17, 15) is 4.79 Å². The highest BCUT2D eigenvalue weighted by atomic mass is 32.1. The van der Waals surface area contributed by atoms with Gasteiger partial charge in [0.05, 0.1) is 25.5 Å². The van der Waals surface area contributed by atoms with Gasteiger partial charge in [-0.3, -0.25) is 10.1 Å². The van der Waals surface area contributed by atoms with Crippen LogP contribution in [-0.2, 0) is 0 Å². The van der Waals surface area contributed by atoms with E-state index < -0.39 is 0 Å². The SMILES string of the molecule is COc1ccc(OC)c(-c2csc(NC(=O)c3cccnc3N3CCCCC3)n2)c1. The van der Waals surface area contributed by atoms with E-state index in [1.807, 2.05) is 29.6 Å². The largest absolute Gasteiger partial charge is 0.497 e. The number of benzene rings is 1. The first-order valence-electron chi connectivity index (χ1n) is 9.89. The number of rotatable bonds is 6. The van der Waals surface area contributed by atoms with Gasteiger partial charge in [0.2, 0.25) is 0 Å². The fourth-order valence-corrected chi connectivity index (χ4v) is 4.27. The molecule has 4 rings (SSSR count). The smallest absolute Gasteiger partial charge is 0.261 e. The van der Waals surface area contributed by atoms with Gasteiger partial charge in [-0.25, -0.2) is 9.97 Å². The zero-order valence-corrected chi connectivity index (χ0v) is 17.9. The lowest BCUT2D eigenvalue weighted by molar-refractivity contribution is 0.102. The van der Waals surface area contributed by atoms with Crippen LogP contribution in [0.2, 0.25) is 0 Å². The minimum absolute atomic E-state index is 0.206. The Morgan fingerprint density at radius 1 is 1.13 bits per heavy atom. The molecule has 1 amide bonds. The Labute approximate surface area is 179 Å². The fourth-order valence-electron chi connectivity index (χ4n) is 3.57. The molecule has 1 aliphatic heterocycles. The van der Waals surface area contributed by atoms with Gasteiger partial charge in [0.15, 0.2) is 5.13 Å². The molecule has 1 aromatic carbocycles. The highest BCUT2D eigenvalue weighted by Crippen LogP contribution is 2.35. The van der Waals surface area contributed by atoms with E-state index in [0.717, 1.165) is 37.3 Å². The second-order valence-electron chi connectivity index (χ2n) is 6.98. The summed E-state index contributed by atoms with van der Waals surface area (Å²) in [6.45, 7) is 1.85. The van der Waals surface area contributed by atoms with E-state index in [-0.39, 0.29) is 5.91 Å². The predicted molar refractivity (Wildman–Crippen MR) is 119 cm³/mol. The number of piperidine rings is 1. The molecule has 0 radical (unpaired) electrons. The van der Waals surface area contributed by atoms with Gasteiger partial charge in [0, 0.05) is 30.2 Å². The maximum absolute atomic E-state index is 13.0. The highest BCUT2D eigenvalue weighted by molar-refractivity contribution is 7.14. The molecule has 0 aliphatic carbocycles. The van der Waals surface area contributed by atoms with Crippen molar-refractivity contribution in [2.24, 2.45) is 0 Å². The molecule has 0 spiro atoms. The van der Waals surface area contributed by atoms with Crippen LogP contribution in [0.5, 0.6) is 11.5 Å². The standard InChI is InChI=1S/C22H24N4O3S/c1-28-15-8-9-19(29-2)17(13-15)18-14-30-22(24-18)25-21(27)16-7-6-10-23-20(16)26-11-4-3-5-12-26/h6-10,13-14H,3-5,11-12H2,1-2H3,(H,24,25,27). The molecule has 3 heterocycles. The second-order valence-corrected chi connectivity index (χ2v) is 7.84. The number of nitrogens with zero attached hydrogens (tertiary/aromatic N) is 3. The maximum atomic E-state index is 13.0. The van der Waals surface area contributed by atoms with E-state index in [1.54, 1.807) is 26.5 Å². The normalized spacial score (nSPS) is 13.7. The summed E-state index contributed by atoms with van der Waals surface area (Å²) in [5, 5.41) is 5.34. The first-order chi connectivity index (χ1) is 14.7. The van der Waals surface area contributed by atoms with Gasteiger partial charge >= 0.3 is 0 Å². The quantitative estimate of drug-likeness (QED) is 0.629.